The molecule has 1 aromatic carbocycles. The second-order valence-corrected chi connectivity index (χ2v) is 9.76. The van der Waals surface area contributed by atoms with Crippen LogP contribution in [-0.4, -0.2) is 66.0 Å². The van der Waals surface area contributed by atoms with E-state index in [2.05, 4.69) is 69.5 Å². The van der Waals surface area contributed by atoms with Crippen molar-refractivity contribution in [2.24, 2.45) is 0 Å². The summed E-state index contributed by atoms with van der Waals surface area (Å²) in [5, 5.41) is 4.87. The van der Waals surface area contributed by atoms with Crippen molar-refractivity contribution in [1.82, 2.24) is 20.1 Å². The summed E-state index contributed by atoms with van der Waals surface area (Å²) in [6.07, 6.45) is 10.6. The third-order valence-corrected chi connectivity index (χ3v) is 7.30. The number of allylic oxidation sites excluding steroid dienone is 2. The fourth-order valence-corrected chi connectivity index (χ4v) is 5.36. The van der Waals surface area contributed by atoms with Gasteiger partial charge in [0.2, 0.25) is 0 Å². The normalized spacial score (nSPS) is 21.2. The van der Waals surface area contributed by atoms with Crippen LogP contribution in [0.2, 0.25) is 0 Å². The van der Waals surface area contributed by atoms with E-state index in [0.29, 0.717) is 12.6 Å². The molecule has 6 nitrogen and oxygen atoms in total. The molecule has 0 saturated carbocycles. The van der Waals surface area contributed by atoms with E-state index in [1.807, 2.05) is 6.08 Å². The lowest BCUT2D eigenvalue weighted by molar-refractivity contribution is -0.114. The first-order chi connectivity index (χ1) is 16.7. The summed E-state index contributed by atoms with van der Waals surface area (Å²) < 4.78 is 0. The van der Waals surface area contributed by atoms with E-state index < -0.39 is 0 Å². The Morgan fingerprint density at radius 1 is 1.00 bits per heavy atom. The Morgan fingerprint density at radius 2 is 1.85 bits per heavy atom. The largest absolute Gasteiger partial charge is 0.365 e. The molecule has 2 aliphatic heterocycles. The number of fused-ring (bicyclic) bond motifs is 2. The summed E-state index contributed by atoms with van der Waals surface area (Å²) in [6, 6.07) is 12.7. The molecule has 1 atom stereocenters. The second-order valence-electron chi connectivity index (χ2n) is 9.76. The van der Waals surface area contributed by atoms with Crippen LogP contribution in [0.15, 0.2) is 59.9 Å². The Kier molecular flexibility index (Phi) is 7.14. The molecule has 0 amide bonds. The van der Waals surface area contributed by atoms with E-state index in [1.54, 1.807) is 0 Å². The standard InChI is InChI=1S/C28H37N5O/c1-2-14-33-21-23-10-12-24(34)20-26(23)30-27(33)9-5-6-15-31-16-18-32(19-17-31)28-13-11-22-7-3-4-8-25(22)29-28/h3-4,7-8,11,13,20-21,27,30H,2,5-6,9-10,12,14-19H2,1H3. The lowest BCUT2D eigenvalue weighted by atomic mass is 9.95. The van der Waals surface area contributed by atoms with E-state index in [0.717, 1.165) is 75.6 Å². The molecule has 1 saturated heterocycles. The smallest absolute Gasteiger partial charge is 0.158 e. The maximum Gasteiger partial charge on any atom is 0.158 e. The minimum Gasteiger partial charge on any atom is -0.365 e. The molecule has 0 radical (unpaired) electrons. The van der Waals surface area contributed by atoms with Gasteiger partial charge in [0, 0.05) is 62.5 Å². The van der Waals surface area contributed by atoms with Crippen LogP contribution in [0.4, 0.5) is 5.82 Å². The highest BCUT2D eigenvalue weighted by atomic mass is 16.1. The van der Waals surface area contributed by atoms with E-state index in [-0.39, 0.29) is 5.78 Å². The highest BCUT2D eigenvalue weighted by Gasteiger charge is 2.26. The Hall–Kier alpha value is -2.86. The highest BCUT2D eigenvalue weighted by Crippen LogP contribution is 2.27. The van der Waals surface area contributed by atoms with Gasteiger partial charge in [0.05, 0.1) is 11.7 Å². The molecule has 0 bridgehead atoms. The SMILES string of the molecule is CCCN1C=C2CCC(=O)C=C2NC1CCCCN1CCN(c2ccc3ccccc3n2)CC1. The highest BCUT2D eigenvalue weighted by molar-refractivity contribution is 5.92. The molecule has 3 heterocycles. The van der Waals surface area contributed by atoms with Crippen LogP contribution < -0.4 is 10.2 Å². The van der Waals surface area contributed by atoms with E-state index in [9.17, 15) is 4.79 Å². The van der Waals surface area contributed by atoms with Crippen molar-refractivity contribution in [2.45, 2.75) is 51.6 Å². The molecule has 1 aromatic heterocycles. The molecule has 1 N–H and O–H groups in total. The van der Waals surface area contributed by atoms with E-state index >= 15 is 0 Å². The molecule has 2 aromatic rings. The first-order valence-electron chi connectivity index (χ1n) is 13.0. The average molecular weight is 460 g/mol. The summed E-state index contributed by atoms with van der Waals surface area (Å²) in [5.74, 6) is 1.35. The number of nitrogens with zero attached hydrogens (tertiary/aromatic N) is 4. The quantitative estimate of drug-likeness (QED) is 0.594. The van der Waals surface area contributed by atoms with Crippen molar-refractivity contribution >= 4 is 22.5 Å². The van der Waals surface area contributed by atoms with Crippen molar-refractivity contribution < 1.29 is 4.79 Å². The number of anilines is 1. The molecular weight excluding hydrogens is 422 g/mol. The molecule has 34 heavy (non-hydrogen) atoms. The number of hydrogen-bond donors (Lipinski definition) is 1. The Bertz CT molecular complexity index is 1070. The van der Waals surface area contributed by atoms with Gasteiger partial charge in [0.25, 0.3) is 0 Å². The van der Waals surface area contributed by atoms with Gasteiger partial charge in [0.15, 0.2) is 5.78 Å². The van der Waals surface area contributed by atoms with Gasteiger partial charge in [-0.1, -0.05) is 25.1 Å². The molecule has 1 unspecified atom stereocenters. The summed E-state index contributed by atoms with van der Waals surface area (Å²) in [7, 11) is 0. The van der Waals surface area contributed by atoms with Crippen LogP contribution in [0.1, 0.15) is 45.4 Å². The number of pyridine rings is 1. The number of ketones is 1. The van der Waals surface area contributed by atoms with Crippen molar-refractivity contribution in [3.63, 3.8) is 0 Å². The molecule has 5 rings (SSSR count). The first kappa shape index (κ1) is 22.9. The van der Waals surface area contributed by atoms with Gasteiger partial charge in [-0.15, -0.1) is 0 Å². The third-order valence-electron chi connectivity index (χ3n) is 7.30. The zero-order chi connectivity index (χ0) is 23.3. The van der Waals surface area contributed by atoms with Crippen LogP contribution in [0.3, 0.4) is 0 Å². The molecule has 6 heteroatoms. The lowest BCUT2D eigenvalue weighted by Gasteiger charge is -2.39. The number of para-hydroxylation sites is 1. The number of carbonyl (C=O) groups excluding carboxylic acids is 1. The summed E-state index contributed by atoms with van der Waals surface area (Å²) in [5.41, 5.74) is 3.43. The van der Waals surface area contributed by atoms with Gasteiger partial charge in [0.1, 0.15) is 5.82 Å². The first-order valence-corrected chi connectivity index (χ1v) is 13.0. The van der Waals surface area contributed by atoms with Crippen LogP contribution in [0, 0.1) is 0 Å². The third kappa shape index (κ3) is 5.27. The van der Waals surface area contributed by atoms with Crippen LogP contribution >= 0.6 is 0 Å². The maximum atomic E-state index is 11.9. The molecule has 180 valence electrons. The molecule has 3 aliphatic rings. The number of nitrogens with one attached hydrogen (secondary N) is 1. The Morgan fingerprint density at radius 3 is 2.71 bits per heavy atom. The number of aromatic nitrogens is 1. The summed E-state index contributed by atoms with van der Waals surface area (Å²) in [6.45, 7) is 8.72. The summed E-state index contributed by atoms with van der Waals surface area (Å²) >= 11 is 0. The van der Waals surface area contributed by atoms with Crippen molar-refractivity contribution in [1.29, 1.82) is 0 Å². The van der Waals surface area contributed by atoms with Crippen LogP contribution in [0.5, 0.6) is 0 Å². The number of piperazine rings is 1. The number of carbonyl (C=O) groups is 1. The number of hydrogen-bond acceptors (Lipinski definition) is 6. The van der Waals surface area contributed by atoms with E-state index in [4.69, 9.17) is 4.98 Å². The molecule has 0 spiro atoms. The zero-order valence-electron chi connectivity index (χ0n) is 20.4. The fraction of sp³-hybridized carbons (Fsp3) is 0.500. The number of rotatable bonds is 8. The fourth-order valence-electron chi connectivity index (χ4n) is 5.36. The summed E-state index contributed by atoms with van der Waals surface area (Å²) in [4.78, 5) is 24.2. The van der Waals surface area contributed by atoms with Gasteiger partial charge in [-0.3, -0.25) is 9.69 Å². The van der Waals surface area contributed by atoms with Crippen molar-refractivity contribution in [3.05, 3.63) is 59.9 Å². The minimum atomic E-state index is 0.250. The predicted molar refractivity (Wildman–Crippen MR) is 139 cm³/mol. The van der Waals surface area contributed by atoms with Gasteiger partial charge in [-0.25, -0.2) is 4.98 Å². The molecule has 1 aliphatic carbocycles. The van der Waals surface area contributed by atoms with Crippen LogP contribution in [-0.2, 0) is 4.79 Å². The average Bonchev–Trinajstić information content (AvgIpc) is 2.87. The van der Waals surface area contributed by atoms with E-state index in [1.165, 1.54) is 23.8 Å². The van der Waals surface area contributed by atoms with Gasteiger partial charge in [-0.2, -0.15) is 0 Å². The van der Waals surface area contributed by atoms with Gasteiger partial charge in [-0.05, 0) is 62.4 Å². The van der Waals surface area contributed by atoms with Crippen LogP contribution in [0.25, 0.3) is 10.9 Å². The Balaban J connectivity index is 1.08. The minimum absolute atomic E-state index is 0.250. The maximum absolute atomic E-state index is 11.9. The topological polar surface area (TPSA) is 51.7 Å². The second kappa shape index (κ2) is 10.6. The molecule has 1 fully saturated rings. The van der Waals surface area contributed by atoms with Gasteiger partial charge >= 0.3 is 0 Å². The van der Waals surface area contributed by atoms with Crippen molar-refractivity contribution in [2.75, 3.05) is 44.2 Å². The van der Waals surface area contributed by atoms with Gasteiger partial charge < -0.3 is 15.1 Å². The Labute approximate surface area is 203 Å². The number of unbranched alkanes of at least 4 members (excludes halogenated alkanes) is 1. The van der Waals surface area contributed by atoms with Crippen molar-refractivity contribution in [3.8, 4) is 0 Å². The monoisotopic (exact) mass is 459 g/mol. The molecular formula is C28H37N5O. The number of benzene rings is 1. The zero-order valence-corrected chi connectivity index (χ0v) is 20.4. The lowest BCUT2D eigenvalue weighted by Crippen LogP contribution is -2.48. The predicted octanol–water partition coefficient (Wildman–Crippen LogP) is 4.30.